The molecule has 0 aromatic heterocycles. The van der Waals surface area contributed by atoms with E-state index in [9.17, 15) is 4.79 Å². The summed E-state index contributed by atoms with van der Waals surface area (Å²) in [7, 11) is 0. The summed E-state index contributed by atoms with van der Waals surface area (Å²) in [5, 5.41) is 12.0. The SMILES string of the molecule is C=C(C)C(NC1CCCC1)C(=O)O. The fourth-order valence-corrected chi connectivity index (χ4v) is 1.75. The van der Waals surface area contributed by atoms with E-state index >= 15 is 0 Å². The Bertz CT molecular complexity index is 193. The molecule has 2 N–H and O–H groups in total. The number of hydrogen-bond donors (Lipinski definition) is 2. The van der Waals surface area contributed by atoms with Crippen LogP contribution in [0.25, 0.3) is 0 Å². The van der Waals surface area contributed by atoms with Gasteiger partial charge in [-0.25, -0.2) is 0 Å². The summed E-state index contributed by atoms with van der Waals surface area (Å²) >= 11 is 0. The van der Waals surface area contributed by atoms with E-state index in [1.165, 1.54) is 12.8 Å². The highest BCUT2D eigenvalue weighted by Gasteiger charge is 2.23. The summed E-state index contributed by atoms with van der Waals surface area (Å²) in [4.78, 5) is 10.8. The van der Waals surface area contributed by atoms with Gasteiger partial charge in [-0.2, -0.15) is 0 Å². The zero-order valence-electron chi connectivity index (χ0n) is 8.05. The lowest BCUT2D eigenvalue weighted by Gasteiger charge is -2.19. The fraction of sp³-hybridized carbons (Fsp3) is 0.700. The molecule has 0 bridgehead atoms. The first-order valence-electron chi connectivity index (χ1n) is 4.75. The largest absolute Gasteiger partial charge is 0.480 e. The maximum atomic E-state index is 10.8. The average Bonchev–Trinajstić information content (AvgIpc) is 2.50. The highest BCUT2D eigenvalue weighted by molar-refractivity contribution is 5.77. The van der Waals surface area contributed by atoms with Crippen LogP contribution in [0.5, 0.6) is 0 Å². The van der Waals surface area contributed by atoms with E-state index in [4.69, 9.17) is 5.11 Å². The maximum absolute atomic E-state index is 10.8. The van der Waals surface area contributed by atoms with E-state index in [1.54, 1.807) is 6.92 Å². The quantitative estimate of drug-likeness (QED) is 0.650. The highest BCUT2D eigenvalue weighted by atomic mass is 16.4. The molecule has 74 valence electrons. The zero-order chi connectivity index (χ0) is 9.84. The molecule has 0 aromatic rings. The topological polar surface area (TPSA) is 49.3 Å². The number of nitrogens with one attached hydrogen (secondary N) is 1. The lowest BCUT2D eigenvalue weighted by Crippen LogP contribution is -2.42. The van der Waals surface area contributed by atoms with Gasteiger partial charge in [-0.05, 0) is 19.8 Å². The van der Waals surface area contributed by atoms with E-state index in [1.807, 2.05) is 0 Å². The molecule has 1 saturated carbocycles. The maximum Gasteiger partial charge on any atom is 0.324 e. The Morgan fingerprint density at radius 1 is 1.54 bits per heavy atom. The Balaban J connectivity index is 2.46. The number of hydrogen-bond acceptors (Lipinski definition) is 2. The fourth-order valence-electron chi connectivity index (χ4n) is 1.75. The molecule has 1 aliphatic rings. The van der Waals surface area contributed by atoms with Crippen LogP contribution in [0.15, 0.2) is 12.2 Å². The van der Waals surface area contributed by atoms with Gasteiger partial charge in [0, 0.05) is 6.04 Å². The van der Waals surface area contributed by atoms with E-state index in [0.29, 0.717) is 11.6 Å². The Kier molecular flexibility index (Phi) is 3.48. The minimum Gasteiger partial charge on any atom is -0.480 e. The van der Waals surface area contributed by atoms with E-state index in [0.717, 1.165) is 12.8 Å². The standard InChI is InChI=1S/C10H17NO2/c1-7(2)9(10(12)13)11-8-5-3-4-6-8/h8-9,11H,1,3-6H2,2H3,(H,12,13). The number of aliphatic carboxylic acids is 1. The molecular weight excluding hydrogens is 166 g/mol. The Labute approximate surface area is 78.8 Å². The first-order chi connectivity index (χ1) is 6.11. The van der Waals surface area contributed by atoms with Crippen molar-refractivity contribution in [1.29, 1.82) is 0 Å². The smallest absolute Gasteiger partial charge is 0.324 e. The third-order valence-electron chi connectivity index (χ3n) is 2.50. The van der Waals surface area contributed by atoms with Crippen LogP contribution in [0.4, 0.5) is 0 Å². The van der Waals surface area contributed by atoms with Crippen molar-refractivity contribution >= 4 is 5.97 Å². The second-order valence-electron chi connectivity index (χ2n) is 3.77. The molecule has 0 spiro atoms. The molecule has 3 heteroatoms. The second-order valence-corrected chi connectivity index (χ2v) is 3.77. The van der Waals surface area contributed by atoms with Crippen LogP contribution in [-0.2, 0) is 4.79 Å². The van der Waals surface area contributed by atoms with Gasteiger partial charge in [0.25, 0.3) is 0 Å². The van der Waals surface area contributed by atoms with Crippen LogP contribution in [0.3, 0.4) is 0 Å². The molecule has 1 fully saturated rings. The van der Waals surface area contributed by atoms with Gasteiger partial charge in [0.15, 0.2) is 0 Å². The molecule has 0 aromatic carbocycles. The third kappa shape index (κ3) is 2.84. The van der Waals surface area contributed by atoms with Crippen LogP contribution in [0.1, 0.15) is 32.6 Å². The average molecular weight is 183 g/mol. The lowest BCUT2D eigenvalue weighted by molar-refractivity contribution is -0.138. The van der Waals surface area contributed by atoms with Gasteiger partial charge in [0.05, 0.1) is 0 Å². The Hall–Kier alpha value is -0.830. The molecule has 1 aliphatic carbocycles. The normalized spacial score (nSPS) is 20.1. The summed E-state index contributed by atoms with van der Waals surface area (Å²) in [6.07, 6.45) is 4.61. The van der Waals surface area contributed by atoms with Gasteiger partial charge in [-0.1, -0.05) is 25.0 Å². The molecule has 1 atom stereocenters. The van der Waals surface area contributed by atoms with Crippen LogP contribution >= 0.6 is 0 Å². The highest BCUT2D eigenvalue weighted by Crippen LogP contribution is 2.19. The summed E-state index contributed by atoms with van der Waals surface area (Å²) in [5.41, 5.74) is 0.680. The first kappa shape index (κ1) is 10.3. The van der Waals surface area contributed by atoms with Crippen molar-refractivity contribution in [2.45, 2.75) is 44.7 Å². The predicted molar refractivity (Wildman–Crippen MR) is 51.6 cm³/mol. The van der Waals surface area contributed by atoms with Crippen molar-refractivity contribution in [2.75, 3.05) is 0 Å². The monoisotopic (exact) mass is 183 g/mol. The predicted octanol–water partition coefficient (Wildman–Crippen LogP) is 1.55. The van der Waals surface area contributed by atoms with E-state index in [2.05, 4.69) is 11.9 Å². The minimum absolute atomic E-state index is 0.373. The number of rotatable bonds is 4. The first-order valence-corrected chi connectivity index (χ1v) is 4.75. The molecule has 0 amide bonds. The number of carbonyl (C=O) groups is 1. The minimum atomic E-state index is -0.820. The van der Waals surface area contributed by atoms with Crippen molar-refractivity contribution < 1.29 is 9.90 Å². The summed E-state index contributed by atoms with van der Waals surface area (Å²) in [6.45, 7) is 5.43. The summed E-state index contributed by atoms with van der Waals surface area (Å²) in [6, 6.07) is -0.194. The van der Waals surface area contributed by atoms with Gasteiger partial charge < -0.3 is 5.11 Å². The molecule has 1 unspecified atom stereocenters. The van der Waals surface area contributed by atoms with Crippen LogP contribution in [0.2, 0.25) is 0 Å². The molecule has 0 radical (unpaired) electrons. The van der Waals surface area contributed by atoms with Crippen molar-refractivity contribution in [1.82, 2.24) is 5.32 Å². The van der Waals surface area contributed by atoms with Crippen LogP contribution in [-0.4, -0.2) is 23.2 Å². The van der Waals surface area contributed by atoms with Crippen LogP contribution < -0.4 is 5.32 Å². The Morgan fingerprint density at radius 3 is 2.46 bits per heavy atom. The van der Waals surface area contributed by atoms with Crippen molar-refractivity contribution in [3.05, 3.63) is 12.2 Å². The van der Waals surface area contributed by atoms with Crippen LogP contribution in [0, 0.1) is 0 Å². The molecule has 3 nitrogen and oxygen atoms in total. The van der Waals surface area contributed by atoms with Gasteiger partial charge in [-0.15, -0.1) is 0 Å². The van der Waals surface area contributed by atoms with Gasteiger partial charge in [0.2, 0.25) is 0 Å². The number of carboxylic acid groups (broad SMARTS) is 1. The lowest BCUT2D eigenvalue weighted by atomic mass is 10.1. The molecule has 13 heavy (non-hydrogen) atoms. The molecular formula is C10H17NO2. The molecule has 0 saturated heterocycles. The van der Waals surface area contributed by atoms with Crippen molar-refractivity contribution in [2.24, 2.45) is 0 Å². The van der Waals surface area contributed by atoms with Gasteiger partial charge in [-0.3, -0.25) is 10.1 Å². The summed E-state index contributed by atoms with van der Waals surface area (Å²) in [5.74, 6) is -0.820. The number of carboxylic acids is 1. The van der Waals surface area contributed by atoms with E-state index < -0.39 is 12.0 Å². The van der Waals surface area contributed by atoms with Gasteiger partial charge in [0.1, 0.15) is 6.04 Å². The molecule has 1 rings (SSSR count). The van der Waals surface area contributed by atoms with Crippen molar-refractivity contribution in [3.8, 4) is 0 Å². The Morgan fingerprint density at radius 2 is 2.08 bits per heavy atom. The third-order valence-corrected chi connectivity index (χ3v) is 2.50. The molecule has 0 heterocycles. The molecule has 0 aliphatic heterocycles. The van der Waals surface area contributed by atoms with E-state index in [-0.39, 0.29) is 0 Å². The zero-order valence-corrected chi connectivity index (χ0v) is 8.05. The summed E-state index contributed by atoms with van der Waals surface area (Å²) < 4.78 is 0. The second kappa shape index (κ2) is 4.42. The van der Waals surface area contributed by atoms with Gasteiger partial charge >= 0.3 is 5.97 Å². The van der Waals surface area contributed by atoms with Crippen molar-refractivity contribution in [3.63, 3.8) is 0 Å².